The lowest BCUT2D eigenvalue weighted by Gasteiger charge is -2.16. The van der Waals surface area contributed by atoms with Crippen LogP contribution in [0.2, 0.25) is 0 Å². The summed E-state index contributed by atoms with van der Waals surface area (Å²) in [4.78, 5) is 23.3. The number of urea groups is 1. The van der Waals surface area contributed by atoms with Crippen LogP contribution in [0.4, 0.5) is 4.79 Å². The number of hydrogen-bond donors (Lipinski definition) is 1. The Bertz CT molecular complexity index is 182. The van der Waals surface area contributed by atoms with Crippen molar-refractivity contribution in [2.45, 2.75) is 13.3 Å². The van der Waals surface area contributed by atoms with Crippen LogP contribution >= 0.6 is 0 Å². The summed E-state index contributed by atoms with van der Waals surface area (Å²) in [6, 6.07) is -0.175. The fourth-order valence-corrected chi connectivity index (χ4v) is 0.749. The summed E-state index contributed by atoms with van der Waals surface area (Å²) in [5.41, 5.74) is 0. The van der Waals surface area contributed by atoms with Crippen molar-refractivity contribution in [1.82, 2.24) is 10.2 Å². The van der Waals surface area contributed by atoms with E-state index in [1.165, 1.54) is 12.0 Å². The molecule has 1 N–H and O–H groups in total. The molecule has 0 saturated heterocycles. The normalized spacial score (nSPS) is 9.15. The predicted octanol–water partition coefficient (Wildman–Crippen LogP) is 0.211. The number of hydrogen-bond acceptors (Lipinski definition) is 3. The van der Waals surface area contributed by atoms with Crippen molar-refractivity contribution in [1.29, 1.82) is 0 Å². The summed E-state index contributed by atoms with van der Waals surface area (Å²) in [6.45, 7) is 2.80. The van der Waals surface area contributed by atoms with E-state index in [0.29, 0.717) is 13.1 Å². The van der Waals surface area contributed by atoms with E-state index in [2.05, 4.69) is 10.1 Å². The molecule has 0 spiro atoms. The SMILES string of the molecule is CCNC(=O)N(C)CCC(=O)OC. The van der Waals surface area contributed by atoms with Gasteiger partial charge in [0.1, 0.15) is 0 Å². The highest BCUT2D eigenvalue weighted by Gasteiger charge is 2.08. The summed E-state index contributed by atoms with van der Waals surface area (Å²) in [5, 5.41) is 2.62. The first-order valence-electron chi connectivity index (χ1n) is 4.17. The number of nitrogens with zero attached hydrogens (tertiary/aromatic N) is 1. The predicted molar refractivity (Wildman–Crippen MR) is 48.3 cm³/mol. The molecule has 0 aromatic carbocycles. The van der Waals surface area contributed by atoms with Gasteiger partial charge in [0.2, 0.25) is 0 Å². The number of nitrogens with one attached hydrogen (secondary N) is 1. The van der Waals surface area contributed by atoms with Crippen LogP contribution in [0.25, 0.3) is 0 Å². The Morgan fingerprint density at radius 3 is 2.54 bits per heavy atom. The van der Waals surface area contributed by atoms with Gasteiger partial charge >= 0.3 is 12.0 Å². The van der Waals surface area contributed by atoms with Gasteiger partial charge in [0.05, 0.1) is 13.5 Å². The molecular formula is C8H16N2O3. The molecule has 0 fully saturated rings. The van der Waals surface area contributed by atoms with Crippen molar-refractivity contribution in [3.05, 3.63) is 0 Å². The van der Waals surface area contributed by atoms with Gasteiger partial charge in [-0.05, 0) is 6.92 Å². The molecule has 0 unspecified atom stereocenters. The van der Waals surface area contributed by atoms with Crippen LogP contribution in [0, 0.1) is 0 Å². The van der Waals surface area contributed by atoms with Gasteiger partial charge in [-0.2, -0.15) is 0 Å². The molecule has 0 atom stereocenters. The number of esters is 1. The summed E-state index contributed by atoms with van der Waals surface area (Å²) in [6.07, 6.45) is 0.226. The standard InChI is InChI=1S/C8H16N2O3/c1-4-9-8(12)10(2)6-5-7(11)13-3/h4-6H2,1-3H3,(H,9,12). The fourth-order valence-electron chi connectivity index (χ4n) is 0.749. The Balaban J connectivity index is 3.67. The number of carbonyl (C=O) groups excluding carboxylic acids is 2. The van der Waals surface area contributed by atoms with Crippen LogP contribution < -0.4 is 5.32 Å². The van der Waals surface area contributed by atoms with Crippen molar-refractivity contribution in [2.24, 2.45) is 0 Å². The third-order valence-corrected chi connectivity index (χ3v) is 1.55. The first kappa shape index (κ1) is 11.7. The molecule has 0 aliphatic rings. The molecular weight excluding hydrogens is 172 g/mol. The first-order chi connectivity index (χ1) is 6.11. The van der Waals surface area contributed by atoms with E-state index in [1.807, 2.05) is 6.92 Å². The fraction of sp³-hybridized carbons (Fsp3) is 0.750. The van der Waals surface area contributed by atoms with Gasteiger partial charge in [0.25, 0.3) is 0 Å². The highest BCUT2D eigenvalue weighted by atomic mass is 16.5. The Labute approximate surface area is 78.0 Å². The van der Waals surface area contributed by atoms with Crippen LogP contribution in [0.5, 0.6) is 0 Å². The zero-order valence-corrected chi connectivity index (χ0v) is 8.29. The van der Waals surface area contributed by atoms with Crippen LogP contribution in [0.1, 0.15) is 13.3 Å². The minimum atomic E-state index is -0.309. The second kappa shape index (κ2) is 6.28. The molecule has 2 amide bonds. The molecule has 0 saturated carbocycles. The maximum atomic E-state index is 11.1. The summed E-state index contributed by atoms with van der Waals surface area (Å²) in [5.74, 6) is -0.309. The molecule has 0 aromatic rings. The highest BCUT2D eigenvalue weighted by Crippen LogP contribution is 1.90. The van der Waals surface area contributed by atoms with Crippen molar-refractivity contribution < 1.29 is 14.3 Å². The van der Waals surface area contributed by atoms with Crippen molar-refractivity contribution >= 4 is 12.0 Å². The van der Waals surface area contributed by atoms with Gasteiger partial charge in [0, 0.05) is 20.1 Å². The molecule has 13 heavy (non-hydrogen) atoms. The Hall–Kier alpha value is -1.26. The number of amides is 2. The Morgan fingerprint density at radius 2 is 2.08 bits per heavy atom. The number of carbonyl (C=O) groups is 2. The second-order valence-electron chi connectivity index (χ2n) is 2.58. The maximum Gasteiger partial charge on any atom is 0.317 e. The lowest BCUT2D eigenvalue weighted by Crippen LogP contribution is -2.38. The molecule has 76 valence electrons. The van der Waals surface area contributed by atoms with E-state index >= 15 is 0 Å². The van der Waals surface area contributed by atoms with Crippen molar-refractivity contribution in [2.75, 3.05) is 27.2 Å². The number of rotatable bonds is 4. The average Bonchev–Trinajstić information content (AvgIpc) is 2.13. The minimum Gasteiger partial charge on any atom is -0.469 e. The smallest absolute Gasteiger partial charge is 0.317 e. The third-order valence-electron chi connectivity index (χ3n) is 1.55. The lowest BCUT2D eigenvalue weighted by molar-refractivity contribution is -0.140. The second-order valence-corrected chi connectivity index (χ2v) is 2.58. The molecule has 0 bridgehead atoms. The van der Waals surface area contributed by atoms with E-state index in [4.69, 9.17) is 0 Å². The maximum absolute atomic E-state index is 11.1. The van der Waals surface area contributed by atoms with Crippen LogP contribution in [0.15, 0.2) is 0 Å². The average molecular weight is 188 g/mol. The molecule has 0 aliphatic heterocycles. The van der Waals surface area contributed by atoms with Gasteiger partial charge in [0.15, 0.2) is 0 Å². The van der Waals surface area contributed by atoms with Crippen molar-refractivity contribution in [3.8, 4) is 0 Å². The summed E-state index contributed by atoms with van der Waals surface area (Å²) in [7, 11) is 2.96. The molecule has 0 rings (SSSR count). The Kier molecular flexibility index (Phi) is 5.67. The molecule has 5 nitrogen and oxygen atoms in total. The summed E-state index contributed by atoms with van der Waals surface area (Å²) >= 11 is 0. The lowest BCUT2D eigenvalue weighted by atomic mass is 10.4. The highest BCUT2D eigenvalue weighted by molar-refractivity contribution is 5.75. The van der Waals surface area contributed by atoms with E-state index in [0.717, 1.165) is 0 Å². The van der Waals surface area contributed by atoms with Gasteiger partial charge < -0.3 is 15.0 Å². The number of methoxy groups -OCH3 is 1. The molecule has 5 heteroatoms. The van der Waals surface area contributed by atoms with Gasteiger partial charge in [-0.15, -0.1) is 0 Å². The van der Waals surface area contributed by atoms with Crippen LogP contribution in [0.3, 0.4) is 0 Å². The monoisotopic (exact) mass is 188 g/mol. The van der Waals surface area contributed by atoms with E-state index in [-0.39, 0.29) is 18.4 Å². The van der Waals surface area contributed by atoms with Gasteiger partial charge in [-0.3, -0.25) is 4.79 Å². The van der Waals surface area contributed by atoms with Gasteiger partial charge in [-0.25, -0.2) is 4.79 Å². The Morgan fingerprint density at radius 1 is 1.46 bits per heavy atom. The van der Waals surface area contributed by atoms with Crippen molar-refractivity contribution in [3.63, 3.8) is 0 Å². The van der Waals surface area contributed by atoms with Crippen LogP contribution in [-0.2, 0) is 9.53 Å². The van der Waals surface area contributed by atoms with Crippen LogP contribution in [-0.4, -0.2) is 44.1 Å². The number of ether oxygens (including phenoxy) is 1. The summed E-state index contributed by atoms with van der Waals surface area (Å²) < 4.78 is 4.44. The van der Waals surface area contributed by atoms with E-state index in [1.54, 1.807) is 7.05 Å². The molecule has 0 aromatic heterocycles. The first-order valence-corrected chi connectivity index (χ1v) is 4.17. The third kappa shape index (κ3) is 5.05. The molecule has 0 heterocycles. The molecule has 0 aliphatic carbocycles. The topological polar surface area (TPSA) is 58.6 Å². The zero-order valence-electron chi connectivity index (χ0n) is 8.29. The minimum absolute atomic E-state index is 0.175. The quantitative estimate of drug-likeness (QED) is 0.642. The van der Waals surface area contributed by atoms with E-state index in [9.17, 15) is 9.59 Å². The van der Waals surface area contributed by atoms with Gasteiger partial charge in [-0.1, -0.05) is 0 Å². The zero-order chi connectivity index (χ0) is 10.3. The largest absolute Gasteiger partial charge is 0.469 e. The molecule has 0 radical (unpaired) electrons. The van der Waals surface area contributed by atoms with E-state index < -0.39 is 0 Å².